The van der Waals surface area contributed by atoms with E-state index in [1.54, 1.807) is 12.1 Å². The average Bonchev–Trinajstić information content (AvgIpc) is 2.67. The van der Waals surface area contributed by atoms with Gasteiger partial charge in [0.15, 0.2) is 0 Å². The van der Waals surface area contributed by atoms with Crippen LogP contribution in [0.5, 0.6) is 0 Å². The van der Waals surface area contributed by atoms with Crippen LogP contribution in [0, 0.1) is 13.8 Å². The second-order valence-corrected chi connectivity index (χ2v) is 4.85. The lowest BCUT2D eigenvalue weighted by Crippen LogP contribution is -2.22. The quantitative estimate of drug-likeness (QED) is 0.948. The van der Waals surface area contributed by atoms with Crippen molar-refractivity contribution >= 4 is 21.8 Å². The van der Waals surface area contributed by atoms with Crippen molar-refractivity contribution in [3.8, 4) is 0 Å². The Morgan fingerprint density at radius 2 is 2.00 bits per heavy atom. The predicted molar refractivity (Wildman–Crippen MR) is 71.3 cm³/mol. The van der Waals surface area contributed by atoms with E-state index in [0.717, 1.165) is 15.9 Å². The van der Waals surface area contributed by atoms with E-state index < -0.39 is 0 Å². The van der Waals surface area contributed by atoms with Gasteiger partial charge >= 0.3 is 0 Å². The minimum atomic E-state index is -0.143. The minimum Gasteiger partial charge on any atom is -0.444 e. The van der Waals surface area contributed by atoms with E-state index in [0.29, 0.717) is 18.0 Å². The van der Waals surface area contributed by atoms with Gasteiger partial charge in [0.05, 0.1) is 12.2 Å². The number of aryl methyl sites for hydroxylation is 2. The third kappa shape index (κ3) is 2.98. The van der Waals surface area contributed by atoms with Crippen LogP contribution in [0.4, 0.5) is 0 Å². The van der Waals surface area contributed by atoms with Crippen molar-refractivity contribution in [1.82, 2.24) is 10.3 Å². The number of hydrogen-bond acceptors (Lipinski definition) is 3. The summed E-state index contributed by atoms with van der Waals surface area (Å²) in [6, 6.07) is 7.17. The number of nitrogens with zero attached hydrogens (tertiary/aromatic N) is 1. The summed E-state index contributed by atoms with van der Waals surface area (Å²) in [6.07, 6.45) is 0. The van der Waals surface area contributed by atoms with Gasteiger partial charge in [-0.25, -0.2) is 4.98 Å². The fourth-order valence-electron chi connectivity index (χ4n) is 1.47. The molecule has 0 aliphatic heterocycles. The van der Waals surface area contributed by atoms with Crippen molar-refractivity contribution in [2.45, 2.75) is 20.4 Å². The largest absolute Gasteiger partial charge is 0.444 e. The number of hydrogen-bond donors (Lipinski definition) is 1. The van der Waals surface area contributed by atoms with Crippen LogP contribution in [0.1, 0.15) is 27.7 Å². The van der Waals surface area contributed by atoms with Crippen LogP contribution in [0.3, 0.4) is 0 Å². The first-order valence-electron chi connectivity index (χ1n) is 5.53. The van der Waals surface area contributed by atoms with Gasteiger partial charge in [0, 0.05) is 10.0 Å². The molecule has 0 unspecified atom stereocenters. The molecule has 0 radical (unpaired) electrons. The number of nitrogens with one attached hydrogen (secondary N) is 1. The Labute approximate surface area is 114 Å². The monoisotopic (exact) mass is 308 g/mol. The molecule has 0 aliphatic carbocycles. The van der Waals surface area contributed by atoms with E-state index in [4.69, 9.17) is 4.42 Å². The number of aromatic nitrogens is 1. The summed E-state index contributed by atoms with van der Waals surface area (Å²) in [5.41, 5.74) is 1.46. The van der Waals surface area contributed by atoms with Crippen molar-refractivity contribution < 1.29 is 9.21 Å². The highest BCUT2D eigenvalue weighted by Gasteiger charge is 2.08. The number of carbonyl (C=O) groups excluding carboxylic acids is 1. The van der Waals surface area contributed by atoms with Gasteiger partial charge < -0.3 is 9.73 Å². The molecule has 0 saturated carbocycles. The Morgan fingerprint density at radius 3 is 2.56 bits per heavy atom. The molecule has 0 spiro atoms. The highest BCUT2D eigenvalue weighted by Crippen LogP contribution is 2.11. The van der Waals surface area contributed by atoms with E-state index in [2.05, 4.69) is 26.2 Å². The summed E-state index contributed by atoms with van der Waals surface area (Å²) in [5, 5.41) is 2.76. The summed E-state index contributed by atoms with van der Waals surface area (Å²) < 4.78 is 6.33. The fraction of sp³-hybridized carbons (Fsp3) is 0.231. The summed E-state index contributed by atoms with van der Waals surface area (Å²) in [5.74, 6) is 1.16. The van der Waals surface area contributed by atoms with Gasteiger partial charge in [-0.15, -0.1) is 0 Å². The van der Waals surface area contributed by atoms with Crippen LogP contribution in [-0.2, 0) is 6.54 Å². The lowest BCUT2D eigenvalue weighted by atomic mass is 10.2. The zero-order chi connectivity index (χ0) is 13.1. The van der Waals surface area contributed by atoms with Crippen LogP contribution in [-0.4, -0.2) is 10.9 Å². The Hall–Kier alpha value is -1.62. The maximum Gasteiger partial charge on any atom is 0.251 e. The molecule has 1 heterocycles. The third-order valence-corrected chi connectivity index (χ3v) is 3.11. The number of benzene rings is 1. The first-order valence-corrected chi connectivity index (χ1v) is 6.32. The Morgan fingerprint density at radius 1 is 1.33 bits per heavy atom. The van der Waals surface area contributed by atoms with Gasteiger partial charge in [-0.2, -0.15) is 0 Å². The van der Waals surface area contributed by atoms with Crippen molar-refractivity contribution in [1.29, 1.82) is 0 Å². The first kappa shape index (κ1) is 12.8. The Bertz CT molecular complexity index is 541. The third-order valence-electron chi connectivity index (χ3n) is 2.58. The molecule has 0 aliphatic rings. The molecule has 4 nitrogen and oxygen atoms in total. The maximum absolute atomic E-state index is 11.8. The number of halogens is 1. The molecule has 2 rings (SSSR count). The molecule has 0 bridgehead atoms. The van der Waals surface area contributed by atoms with E-state index in [1.807, 2.05) is 26.0 Å². The summed E-state index contributed by atoms with van der Waals surface area (Å²) in [7, 11) is 0. The Kier molecular flexibility index (Phi) is 3.81. The summed E-state index contributed by atoms with van der Waals surface area (Å²) in [6.45, 7) is 4.02. The molecule has 0 fully saturated rings. The second-order valence-electron chi connectivity index (χ2n) is 3.94. The molecule has 1 amide bonds. The van der Waals surface area contributed by atoms with Crippen molar-refractivity contribution in [2.75, 3.05) is 0 Å². The zero-order valence-corrected chi connectivity index (χ0v) is 11.7. The van der Waals surface area contributed by atoms with Crippen LogP contribution in [0.25, 0.3) is 0 Å². The van der Waals surface area contributed by atoms with Gasteiger partial charge in [0.1, 0.15) is 5.76 Å². The lowest BCUT2D eigenvalue weighted by molar-refractivity contribution is 0.0947. The van der Waals surface area contributed by atoms with Crippen LogP contribution in [0.15, 0.2) is 33.2 Å². The average molecular weight is 309 g/mol. The molecule has 1 N–H and O–H groups in total. The van der Waals surface area contributed by atoms with E-state index in [9.17, 15) is 4.79 Å². The van der Waals surface area contributed by atoms with Gasteiger partial charge in [0.2, 0.25) is 5.89 Å². The highest BCUT2D eigenvalue weighted by molar-refractivity contribution is 9.10. The maximum atomic E-state index is 11.8. The lowest BCUT2D eigenvalue weighted by Gasteiger charge is -2.02. The number of carbonyl (C=O) groups is 1. The standard InChI is InChI=1S/C13H13BrN2O2/c1-8-9(2)18-12(16-8)7-15-13(17)10-3-5-11(14)6-4-10/h3-6H,7H2,1-2H3,(H,15,17). The molecule has 2 aromatic rings. The van der Waals surface area contributed by atoms with Crippen molar-refractivity contribution in [2.24, 2.45) is 0 Å². The number of amides is 1. The van der Waals surface area contributed by atoms with Crippen LogP contribution < -0.4 is 5.32 Å². The van der Waals surface area contributed by atoms with Crippen LogP contribution in [0.2, 0.25) is 0 Å². The molecule has 0 saturated heterocycles. The molecule has 0 atom stereocenters. The normalized spacial score (nSPS) is 10.4. The molecule has 1 aromatic carbocycles. The molecule has 1 aromatic heterocycles. The van der Waals surface area contributed by atoms with Crippen molar-refractivity contribution in [3.63, 3.8) is 0 Å². The molecule has 94 valence electrons. The predicted octanol–water partition coefficient (Wildman–Crippen LogP) is 2.98. The number of oxazole rings is 1. The highest BCUT2D eigenvalue weighted by atomic mass is 79.9. The van der Waals surface area contributed by atoms with E-state index >= 15 is 0 Å². The smallest absolute Gasteiger partial charge is 0.251 e. The molecular formula is C13H13BrN2O2. The first-order chi connectivity index (χ1) is 8.56. The van der Waals surface area contributed by atoms with Gasteiger partial charge in [-0.05, 0) is 38.1 Å². The minimum absolute atomic E-state index is 0.143. The van der Waals surface area contributed by atoms with Gasteiger partial charge in [-0.1, -0.05) is 15.9 Å². The number of rotatable bonds is 3. The second kappa shape index (κ2) is 5.35. The zero-order valence-electron chi connectivity index (χ0n) is 10.2. The summed E-state index contributed by atoms with van der Waals surface area (Å²) in [4.78, 5) is 16.0. The summed E-state index contributed by atoms with van der Waals surface area (Å²) >= 11 is 3.32. The SMILES string of the molecule is Cc1nc(CNC(=O)c2ccc(Br)cc2)oc1C. The van der Waals surface area contributed by atoms with E-state index in [1.165, 1.54) is 0 Å². The molecule has 5 heteroatoms. The Balaban J connectivity index is 1.98. The topological polar surface area (TPSA) is 55.1 Å². The molecule has 18 heavy (non-hydrogen) atoms. The molecular weight excluding hydrogens is 296 g/mol. The van der Waals surface area contributed by atoms with Gasteiger partial charge in [-0.3, -0.25) is 4.79 Å². The van der Waals surface area contributed by atoms with Crippen molar-refractivity contribution in [3.05, 3.63) is 51.6 Å². The van der Waals surface area contributed by atoms with Gasteiger partial charge in [0.25, 0.3) is 5.91 Å². The van der Waals surface area contributed by atoms with Crippen LogP contribution >= 0.6 is 15.9 Å². The van der Waals surface area contributed by atoms with E-state index in [-0.39, 0.29) is 5.91 Å². The fourth-order valence-corrected chi connectivity index (χ4v) is 1.74.